The predicted octanol–water partition coefficient (Wildman–Crippen LogP) is 3.12. The zero-order valence-electron chi connectivity index (χ0n) is 11.5. The molecule has 0 saturated heterocycles. The van der Waals surface area contributed by atoms with Gasteiger partial charge >= 0.3 is 0 Å². The van der Waals surface area contributed by atoms with Gasteiger partial charge in [-0.2, -0.15) is 0 Å². The van der Waals surface area contributed by atoms with Crippen LogP contribution in [-0.2, 0) is 6.54 Å². The summed E-state index contributed by atoms with van der Waals surface area (Å²) in [5.41, 5.74) is 9.24. The average molecular weight is 271 g/mol. The molecule has 0 spiro atoms. The molecule has 0 fully saturated rings. The molecule has 2 rings (SSSR count). The van der Waals surface area contributed by atoms with Crippen molar-refractivity contribution in [2.45, 2.75) is 13.5 Å². The van der Waals surface area contributed by atoms with E-state index in [2.05, 4.69) is 0 Å². The third kappa shape index (κ3) is 3.06. The fourth-order valence-corrected chi connectivity index (χ4v) is 2.08. The SMILES string of the molecule is Cc1ccccc1CN(C)c1cc(N)cc([N+](=O)[O-])c1. The van der Waals surface area contributed by atoms with E-state index >= 15 is 0 Å². The molecule has 0 heterocycles. The monoisotopic (exact) mass is 271 g/mol. The number of non-ortho nitro benzene ring substituents is 1. The number of nitrogen functional groups attached to an aromatic ring is 1. The Kier molecular flexibility index (Phi) is 3.89. The van der Waals surface area contributed by atoms with Gasteiger partial charge in [0.25, 0.3) is 5.69 Å². The molecule has 5 nitrogen and oxygen atoms in total. The molecule has 104 valence electrons. The number of rotatable bonds is 4. The van der Waals surface area contributed by atoms with E-state index in [1.165, 1.54) is 23.3 Å². The molecular weight excluding hydrogens is 254 g/mol. The van der Waals surface area contributed by atoms with Gasteiger partial charge in [-0.25, -0.2) is 0 Å². The van der Waals surface area contributed by atoms with Gasteiger partial charge in [0.2, 0.25) is 0 Å². The summed E-state index contributed by atoms with van der Waals surface area (Å²) in [6, 6.07) is 12.7. The van der Waals surface area contributed by atoms with Crippen LogP contribution in [0.5, 0.6) is 0 Å². The van der Waals surface area contributed by atoms with Crippen LogP contribution >= 0.6 is 0 Å². The summed E-state index contributed by atoms with van der Waals surface area (Å²) >= 11 is 0. The lowest BCUT2D eigenvalue weighted by Crippen LogP contribution is -2.17. The van der Waals surface area contributed by atoms with E-state index in [1.807, 2.05) is 43.1 Å². The van der Waals surface area contributed by atoms with E-state index in [9.17, 15) is 10.1 Å². The van der Waals surface area contributed by atoms with Crippen LogP contribution in [0.4, 0.5) is 17.1 Å². The summed E-state index contributed by atoms with van der Waals surface area (Å²) in [6.45, 7) is 2.72. The number of nitro groups is 1. The minimum atomic E-state index is -0.429. The number of nitrogens with two attached hydrogens (primary N) is 1. The first-order valence-corrected chi connectivity index (χ1v) is 6.28. The molecule has 0 unspecified atom stereocenters. The van der Waals surface area contributed by atoms with Crippen LogP contribution in [-0.4, -0.2) is 12.0 Å². The molecule has 2 aromatic rings. The van der Waals surface area contributed by atoms with Gasteiger partial charge in [-0.15, -0.1) is 0 Å². The zero-order chi connectivity index (χ0) is 14.7. The predicted molar refractivity (Wildman–Crippen MR) is 80.8 cm³/mol. The average Bonchev–Trinajstić information content (AvgIpc) is 2.40. The quantitative estimate of drug-likeness (QED) is 0.527. The van der Waals surface area contributed by atoms with Crippen LogP contribution in [0.1, 0.15) is 11.1 Å². The number of nitro benzene ring substituents is 1. The highest BCUT2D eigenvalue weighted by Gasteiger charge is 2.11. The number of aryl methyl sites for hydroxylation is 1. The second-order valence-corrected chi connectivity index (χ2v) is 4.82. The van der Waals surface area contributed by atoms with Crippen LogP contribution in [0.25, 0.3) is 0 Å². The first-order valence-electron chi connectivity index (χ1n) is 6.28. The molecular formula is C15H17N3O2. The van der Waals surface area contributed by atoms with Gasteiger partial charge in [-0.3, -0.25) is 10.1 Å². The molecule has 20 heavy (non-hydrogen) atoms. The molecule has 0 aliphatic rings. The number of nitrogens with zero attached hydrogens (tertiary/aromatic N) is 2. The topological polar surface area (TPSA) is 72.4 Å². The van der Waals surface area contributed by atoms with E-state index < -0.39 is 4.92 Å². The molecule has 0 aliphatic carbocycles. The fraction of sp³-hybridized carbons (Fsp3) is 0.200. The standard InChI is InChI=1S/C15H17N3O2/c1-11-5-3-4-6-12(11)10-17(2)14-7-13(16)8-15(9-14)18(19)20/h3-9H,10,16H2,1-2H3. The highest BCUT2D eigenvalue weighted by atomic mass is 16.6. The van der Waals surface area contributed by atoms with Crippen LogP contribution in [0.3, 0.4) is 0 Å². The Morgan fingerprint density at radius 1 is 1.25 bits per heavy atom. The number of benzene rings is 2. The van der Waals surface area contributed by atoms with Gasteiger partial charge in [-0.05, 0) is 24.1 Å². The Hall–Kier alpha value is -2.56. The van der Waals surface area contributed by atoms with E-state index in [0.29, 0.717) is 12.2 Å². The van der Waals surface area contributed by atoms with Gasteiger partial charge in [0, 0.05) is 37.1 Å². The van der Waals surface area contributed by atoms with Crippen molar-refractivity contribution in [3.8, 4) is 0 Å². The Morgan fingerprint density at radius 3 is 2.60 bits per heavy atom. The van der Waals surface area contributed by atoms with Crippen LogP contribution in [0.2, 0.25) is 0 Å². The van der Waals surface area contributed by atoms with Gasteiger partial charge in [-0.1, -0.05) is 24.3 Å². The van der Waals surface area contributed by atoms with Gasteiger partial charge in [0.15, 0.2) is 0 Å². The molecule has 0 radical (unpaired) electrons. The van der Waals surface area contributed by atoms with Crippen LogP contribution < -0.4 is 10.6 Å². The van der Waals surface area contributed by atoms with Crippen molar-refractivity contribution < 1.29 is 4.92 Å². The van der Waals surface area contributed by atoms with Crippen molar-refractivity contribution >= 4 is 17.1 Å². The number of hydrogen-bond acceptors (Lipinski definition) is 4. The Morgan fingerprint density at radius 2 is 1.95 bits per heavy atom. The minimum absolute atomic E-state index is 0.0108. The van der Waals surface area contributed by atoms with Crippen molar-refractivity contribution in [2.24, 2.45) is 0 Å². The molecule has 2 N–H and O–H groups in total. The molecule has 2 aromatic carbocycles. The van der Waals surface area contributed by atoms with E-state index in [-0.39, 0.29) is 5.69 Å². The van der Waals surface area contributed by atoms with E-state index in [0.717, 1.165) is 5.69 Å². The zero-order valence-corrected chi connectivity index (χ0v) is 11.5. The largest absolute Gasteiger partial charge is 0.398 e. The third-order valence-corrected chi connectivity index (χ3v) is 3.25. The second-order valence-electron chi connectivity index (χ2n) is 4.82. The lowest BCUT2D eigenvalue weighted by molar-refractivity contribution is -0.384. The van der Waals surface area contributed by atoms with Gasteiger partial charge < -0.3 is 10.6 Å². The molecule has 0 aliphatic heterocycles. The van der Waals surface area contributed by atoms with Crippen LogP contribution in [0, 0.1) is 17.0 Å². The lowest BCUT2D eigenvalue weighted by atomic mass is 10.1. The van der Waals surface area contributed by atoms with Crippen molar-refractivity contribution in [3.63, 3.8) is 0 Å². The van der Waals surface area contributed by atoms with Crippen LogP contribution in [0.15, 0.2) is 42.5 Å². The van der Waals surface area contributed by atoms with Crippen molar-refractivity contribution in [1.29, 1.82) is 0 Å². The van der Waals surface area contributed by atoms with Gasteiger partial charge in [0.1, 0.15) is 0 Å². The highest BCUT2D eigenvalue weighted by molar-refractivity contribution is 5.62. The maximum Gasteiger partial charge on any atom is 0.273 e. The smallest absolute Gasteiger partial charge is 0.273 e. The molecule has 0 aromatic heterocycles. The van der Waals surface area contributed by atoms with E-state index in [1.54, 1.807) is 6.07 Å². The summed E-state index contributed by atoms with van der Waals surface area (Å²) in [5, 5.41) is 10.9. The lowest BCUT2D eigenvalue weighted by Gasteiger charge is -2.20. The Labute approximate surface area is 117 Å². The Balaban J connectivity index is 2.27. The summed E-state index contributed by atoms with van der Waals surface area (Å²) in [7, 11) is 1.89. The molecule has 0 amide bonds. The van der Waals surface area contributed by atoms with Crippen molar-refractivity contribution in [3.05, 3.63) is 63.7 Å². The summed E-state index contributed by atoms with van der Waals surface area (Å²) in [4.78, 5) is 12.4. The first-order chi connectivity index (χ1) is 9.47. The molecule has 5 heteroatoms. The number of anilines is 2. The fourth-order valence-electron chi connectivity index (χ4n) is 2.08. The summed E-state index contributed by atoms with van der Waals surface area (Å²) in [5.74, 6) is 0. The van der Waals surface area contributed by atoms with Gasteiger partial charge in [0.05, 0.1) is 4.92 Å². The number of hydrogen-bond donors (Lipinski definition) is 1. The first kappa shape index (κ1) is 13.9. The van der Waals surface area contributed by atoms with Crippen molar-refractivity contribution in [1.82, 2.24) is 0 Å². The Bertz CT molecular complexity index is 641. The molecule has 0 atom stereocenters. The second kappa shape index (κ2) is 5.61. The summed E-state index contributed by atoms with van der Waals surface area (Å²) in [6.07, 6.45) is 0. The maximum absolute atomic E-state index is 10.9. The van der Waals surface area contributed by atoms with E-state index in [4.69, 9.17) is 5.73 Å². The normalized spacial score (nSPS) is 10.3. The molecule has 0 saturated carbocycles. The third-order valence-electron chi connectivity index (χ3n) is 3.25. The van der Waals surface area contributed by atoms with Crippen molar-refractivity contribution in [2.75, 3.05) is 17.7 Å². The summed E-state index contributed by atoms with van der Waals surface area (Å²) < 4.78 is 0. The highest BCUT2D eigenvalue weighted by Crippen LogP contribution is 2.26. The minimum Gasteiger partial charge on any atom is -0.398 e. The molecule has 0 bridgehead atoms. The maximum atomic E-state index is 10.9.